The smallest absolute Gasteiger partial charge is 0.308 e. The number of carbonyl (C=O) groups is 1. The first-order valence-electron chi connectivity index (χ1n) is 9.54. The Labute approximate surface area is 177 Å². The van der Waals surface area contributed by atoms with Crippen molar-refractivity contribution in [1.29, 1.82) is 0 Å². The first-order chi connectivity index (χ1) is 14.3. The number of hydrogen-bond donors (Lipinski definition) is 1. The molecule has 10 heteroatoms. The Hall–Kier alpha value is -2.85. The van der Waals surface area contributed by atoms with Crippen molar-refractivity contribution in [2.24, 2.45) is 0 Å². The normalized spacial score (nSPS) is 16.2. The van der Waals surface area contributed by atoms with Crippen LogP contribution in [-0.4, -0.2) is 37.3 Å². The van der Waals surface area contributed by atoms with Gasteiger partial charge >= 0.3 is 4.87 Å². The predicted octanol–water partition coefficient (Wildman–Crippen LogP) is 2.64. The fourth-order valence-electron chi connectivity index (χ4n) is 3.42. The molecule has 1 atom stereocenters. The second-order valence-electron chi connectivity index (χ2n) is 6.79. The highest BCUT2D eigenvalue weighted by Crippen LogP contribution is 2.35. The van der Waals surface area contributed by atoms with Crippen LogP contribution in [0.25, 0.3) is 10.2 Å². The Morgan fingerprint density at radius 1 is 1.23 bits per heavy atom. The summed E-state index contributed by atoms with van der Waals surface area (Å²) in [6.45, 7) is 3.92. The number of thiazole rings is 1. The molecule has 0 spiro atoms. The third-order valence-electron chi connectivity index (χ3n) is 4.98. The highest BCUT2D eigenvalue weighted by molar-refractivity contribution is 7.92. The molecule has 2 heterocycles. The minimum Gasteiger partial charge on any atom is -0.476 e. The van der Waals surface area contributed by atoms with Gasteiger partial charge in [0.2, 0.25) is 10.0 Å². The summed E-state index contributed by atoms with van der Waals surface area (Å²) in [4.78, 5) is 24.9. The maximum atomic E-state index is 12.9. The van der Waals surface area contributed by atoms with E-state index in [1.165, 1.54) is 4.31 Å². The summed E-state index contributed by atoms with van der Waals surface area (Å²) in [7, 11) is -3.57. The molecule has 0 aliphatic carbocycles. The molecule has 3 aromatic rings. The molecule has 1 aromatic heterocycles. The average molecular weight is 448 g/mol. The summed E-state index contributed by atoms with van der Waals surface area (Å²) in [5.41, 5.74) is 1.76. The van der Waals surface area contributed by atoms with Crippen molar-refractivity contribution in [3.8, 4) is 5.75 Å². The second-order valence-corrected chi connectivity index (χ2v) is 9.97. The molecule has 4 rings (SSSR count). The molecule has 1 aliphatic heterocycles. The van der Waals surface area contributed by atoms with Gasteiger partial charge in [0.1, 0.15) is 5.75 Å². The number of amides is 1. The van der Waals surface area contributed by atoms with Crippen LogP contribution in [0.15, 0.2) is 47.3 Å². The first kappa shape index (κ1) is 20.4. The molecule has 1 aliphatic rings. The van der Waals surface area contributed by atoms with E-state index < -0.39 is 22.0 Å². The Morgan fingerprint density at radius 2 is 2.00 bits per heavy atom. The standard InChI is InChI=1S/C20H21N3O5S2/c1-3-22-15-10-9-13(11-18(15)29-20(22)25)21-19(24)17-12-23(30(26,27)4-2)14-7-5-6-8-16(14)28-17/h5-11,17H,3-4,12H2,1-2H3,(H,21,24)/t17-/m1/s1. The van der Waals surface area contributed by atoms with Gasteiger partial charge in [0.05, 0.1) is 28.2 Å². The maximum absolute atomic E-state index is 12.9. The molecule has 1 amide bonds. The number of fused-ring (bicyclic) bond motifs is 2. The van der Waals surface area contributed by atoms with E-state index in [1.54, 1.807) is 54.0 Å². The number of carbonyl (C=O) groups excluding carboxylic acids is 1. The van der Waals surface area contributed by atoms with E-state index in [4.69, 9.17) is 4.74 Å². The van der Waals surface area contributed by atoms with Gasteiger partial charge in [-0.25, -0.2) is 8.42 Å². The van der Waals surface area contributed by atoms with Gasteiger partial charge in [-0.2, -0.15) is 0 Å². The van der Waals surface area contributed by atoms with Crippen LogP contribution in [0.3, 0.4) is 0 Å². The van der Waals surface area contributed by atoms with Crippen LogP contribution in [0.4, 0.5) is 11.4 Å². The van der Waals surface area contributed by atoms with Crippen molar-refractivity contribution in [2.45, 2.75) is 26.5 Å². The minimum atomic E-state index is -3.57. The number of sulfonamides is 1. The van der Waals surface area contributed by atoms with Gasteiger partial charge in [0.15, 0.2) is 6.10 Å². The van der Waals surface area contributed by atoms with Gasteiger partial charge < -0.3 is 10.1 Å². The average Bonchev–Trinajstić information content (AvgIpc) is 3.06. The SMILES string of the molecule is CCn1c(=O)sc2cc(NC(=O)[C@H]3CN(S(=O)(=O)CC)c4ccccc4O3)ccc21. The quantitative estimate of drug-likeness (QED) is 0.648. The number of aryl methyl sites for hydroxylation is 1. The number of ether oxygens (including phenoxy) is 1. The largest absolute Gasteiger partial charge is 0.476 e. The molecule has 0 bridgehead atoms. The molecule has 0 radical (unpaired) electrons. The number of para-hydroxylation sites is 2. The van der Waals surface area contributed by atoms with Crippen LogP contribution >= 0.6 is 11.3 Å². The van der Waals surface area contributed by atoms with Crippen LogP contribution in [-0.2, 0) is 21.4 Å². The molecule has 30 heavy (non-hydrogen) atoms. The van der Waals surface area contributed by atoms with Crippen molar-refractivity contribution < 1.29 is 17.9 Å². The van der Waals surface area contributed by atoms with E-state index in [1.807, 2.05) is 6.92 Å². The lowest BCUT2D eigenvalue weighted by molar-refractivity contribution is -0.122. The maximum Gasteiger partial charge on any atom is 0.308 e. The van der Waals surface area contributed by atoms with E-state index in [-0.39, 0.29) is 17.2 Å². The highest BCUT2D eigenvalue weighted by Gasteiger charge is 2.35. The number of anilines is 2. The topological polar surface area (TPSA) is 97.7 Å². The number of rotatable bonds is 5. The molecule has 2 aromatic carbocycles. The Balaban J connectivity index is 1.61. The zero-order chi connectivity index (χ0) is 21.5. The van der Waals surface area contributed by atoms with Crippen LogP contribution in [0.1, 0.15) is 13.8 Å². The summed E-state index contributed by atoms with van der Waals surface area (Å²) in [6, 6.07) is 12.0. The van der Waals surface area contributed by atoms with Crippen molar-refractivity contribution in [1.82, 2.24) is 4.57 Å². The summed E-state index contributed by atoms with van der Waals surface area (Å²) >= 11 is 1.11. The number of hydrogen-bond acceptors (Lipinski definition) is 6. The van der Waals surface area contributed by atoms with E-state index in [0.29, 0.717) is 23.7 Å². The molecule has 0 saturated heterocycles. The molecular formula is C20H21N3O5S2. The molecule has 1 N–H and O–H groups in total. The molecule has 8 nitrogen and oxygen atoms in total. The number of benzene rings is 2. The number of nitrogens with zero attached hydrogens (tertiary/aromatic N) is 2. The fourth-order valence-corrected chi connectivity index (χ4v) is 5.54. The van der Waals surface area contributed by atoms with Gasteiger partial charge in [-0.05, 0) is 44.2 Å². The van der Waals surface area contributed by atoms with Gasteiger partial charge in [-0.1, -0.05) is 23.5 Å². The number of nitrogens with one attached hydrogen (secondary N) is 1. The van der Waals surface area contributed by atoms with E-state index in [9.17, 15) is 18.0 Å². The van der Waals surface area contributed by atoms with Gasteiger partial charge in [-0.15, -0.1) is 0 Å². The van der Waals surface area contributed by atoms with Crippen LogP contribution in [0.5, 0.6) is 5.75 Å². The summed E-state index contributed by atoms with van der Waals surface area (Å²) in [5, 5.41) is 2.78. The zero-order valence-electron chi connectivity index (χ0n) is 16.5. The monoisotopic (exact) mass is 447 g/mol. The summed E-state index contributed by atoms with van der Waals surface area (Å²) in [6.07, 6.45) is -1.00. The molecule has 0 unspecified atom stereocenters. The van der Waals surface area contributed by atoms with Crippen LogP contribution < -0.4 is 19.2 Å². The zero-order valence-corrected chi connectivity index (χ0v) is 18.1. The third-order valence-corrected chi connectivity index (χ3v) is 7.67. The van der Waals surface area contributed by atoms with Crippen LogP contribution in [0.2, 0.25) is 0 Å². The van der Waals surface area contributed by atoms with E-state index in [0.717, 1.165) is 21.6 Å². The Morgan fingerprint density at radius 3 is 2.73 bits per heavy atom. The molecular weight excluding hydrogens is 426 g/mol. The van der Waals surface area contributed by atoms with Crippen molar-refractivity contribution in [3.05, 3.63) is 52.1 Å². The van der Waals surface area contributed by atoms with E-state index >= 15 is 0 Å². The van der Waals surface area contributed by atoms with Crippen molar-refractivity contribution >= 4 is 48.9 Å². The lowest BCUT2D eigenvalue weighted by atomic mass is 10.2. The summed E-state index contributed by atoms with van der Waals surface area (Å²) < 4.78 is 34.6. The van der Waals surface area contributed by atoms with Crippen molar-refractivity contribution in [3.63, 3.8) is 0 Å². The fraction of sp³-hybridized carbons (Fsp3) is 0.300. The second kappa shape index (κ2) is 7.77. The molecule has 0 saturated carbocycles. The lowest BCUT2D eigenvalue weighted by Gasteiger charge is -2.34. The van der Waals surface area contributed by atoms with Gasteiger partial charge in [-0.3, -0.25) is 18.5 Å². The predicted molar refractivity (Wildman–Crippen MR) is 118 cm³/mol. The first-order valence-corrected chi connectivity index (χ1v) is 12.0. The van der Waals surface area contributed by atoms with Crippen LogP contribution in [0, 0.1) is 0 Å². The Bertz CT molecular complexity index is 1280. The van der Waals surface area contributed by atoms with Gasteiger partial charge in [0, 0.05) is 12.2 Å². The third kappa shape index (κ3) is 3.56. The summed E-state index contributed by atoms with van der Waals surface area (Å²) in [5.74, 6) is -0.198. The lowest BCUT2D eigenvalue weighted by Crippen LogP contribution is -2.49. The Kier molecular flexibility index (Phi) is 5.29. The number of aromatic nitrogens is 1. The minimum absolute atomic E-state index is 0.0522. The van der Waals surface area contributed by atoms with E-state index in [2.05, 4.69) is 5.32 Å². The molecule has 158 valence electrons. The highest BCUT2D eigenvalue weighted by atomic mass is 32.2. The van der Waals surface area contributed by atoms with Gasteiger partial charge in [0.25, 0.3) is 5.91 Å². The molecule has 0 fully saturated rings. The van der Waals surface area contributed by atoms with Crippen molar-refractivity contribution in [2.75, 3.05) is 21.9 Å².